The van der Waals surface area contributed by atoms with E-state index in [1.807, 2.05) is 22.9 Å². The second-order valence-corrected chi connectivity index (χ2v) is 6.69. The maximum atomic E-state index is 5.49. The zero-order valence-corrected chi connectivity index (χ0v) is 14.4. The summed E-state index contributed by atoms with van der Waals surface area (Å²) in [6.45, 7) is 5.75. The molecule has 4 rings (SSSR count). The lowest BCUT2D eigenvalue weighted by Gasteiger charge is -2.31. The molecule has 0 radical (unpaired) electrons. The summed E-state index contributed by atoms with van der Waals surface area (Å²) in [7, 11) is 0. The largest absolute Gasteiger partial charge is 0.338 e. The summed E-state index contributed by atoms with van der Waals surface area (Å²) < 4.78 is 7.40. The van der Waals surface area contributed by atoms with Crippen molar-refractivity contribution in [1.29, 1.82) is 0 Å². The van der Waals surface area contributed by atoms with Crippen molar-refractivity contribution in [2.24, 2.45) is 5.92 Å². The third kappa shape index (κ3) is 3.76. The van der Waals surface area contributed by atoms with Gasteiger partial charge in [0.25, 0.3) is 0 Å². The first-order valence-electron chi connectivity index (χ1n) is 8.71. The highest BCUT2D eigenvalue weighted by Gasteiger charge is 2.22. The van der Waals surface area contributed by atoms with Crippen LogP contribution in [-0.4, -0.2) is 42.9 Å². The fourth-order valence-corrected chi connectivity index (χ4v) is 3.48. The van der Waals surface area contributed by atoms with Crippen LogP contribution in [0.2, 0.25) is 0 Å². The number of aryl methyl sites for hydroxylation is 1. The van der Waals surface area contributed by atoms with Crippen molar-refractivity contribution in [3.05, 3.63) is 48.4 Å². The third-order valence-corrected chi connectivity index (χ3v) is 4.73. The second kappa shape index (κ2) is 7.14. The predicted molar refractivity (Wildman–Crippen MR) is 92.5 cm³/mol. The van der Waals surface area contributed by atoms with Gasteiger partial charge in [-0.2, -0.15) is 10.1 Å². The van der Waals surface area contributed by atoms with Crippen molar-refractivity contribution in [3.8, 4) is 11.4 Å². The third-order valence-electron chi connectivity index (χ3n) is 4.73. The van der Waals surface area contributed by atoms with Crippen LogP contribution in [0.1, 0.15) is 24.3 Å². The van der Waals surface area contributed by atoms with Gasteiger partial charge in [0, 0.05) is 18.7 Å². The number of piperidine rings is 1. The molecule has 1 saturated heterocycles. The fourth-order valence-electron chi connectivity index (χ4n) is 3.48. The van der Waals surface area contributed by atoms with Gasteiger partial charge < -0.3 is 4.52 Å². The van der Waals surface area contributed by atoms with Crippen molar-refractivity contribution >= 4 is 0 Å². The van der Waals surface area contributed by atoms with Gasteiger partial charge in [-0.1, -0.05) is 29.4 Å². The number of rotatable bonds is 5. The molecule has 3 aromatic rings. The summed E-state index contributed by atoms with van der Waals surface area (Å²) in [5.41, 5.74) is 2.18. The first-order chi connectivity index (χ1) is 12.3. The molecule has 7 nitrogen and oxygen atoms in total. The van der Waals surface area contributed by atoms with Crippen molar-refractivity contribution in [1.82, 2.24) is 29.8 Å². The van der Waals surface area contributed by atoms with Crippen LogP contribution in [0.5, 0.6) is 0 Å². The molecule has 1 aliphatic heterocycles. The summed E-state index contributed by atoms with van der Waals surface area (Å²) in [6.07, 6.45) is 5.77. The Morgan fingerprint density at radius 3 is 3.04 bits per heavy atom. The molecule has 1 unspecified atom stereocenters. The quantitative estimate of drug-likeness (QED) is 0.712. The molecule has 1 aromatic carbocycles. The van der Waals surface area contributed by atoms with E-state index in [9.17, 15) is 0 Å². The molecule has 0 N–H and O–H groups in total. The number of likely N-dealkylation sites (tertiary alicyclic amines) is 1. The van der Waals surface area contributed by atoms with Crippen LogP contribution in [0.4, 0.5) is 0 Å². The Morgan fingerprint density at radius 2 is 2.20 bits per heavy atom. The first kappa shape index (κ1) is 16.0. The van der Waals surface area contributed by atoms with Gasteiger partial charge in [0.05, 0.1) is 6.54 Å². The van der Waals surface area contributed by atoms with Crippen LogP contribution in [0.15, 0.2) is 41.4 Å². The van der Waals surface area contributed by atoms with Crippen LogP contribution >= 0.6 is 0 Å². The van der Waals surface area contributed by atoms with E-state index in [4.69, 9.17) is 4.52 Å². The molecule has 7 heteroatoms. The lowest BCUT2D eigenvalue weighted by molar-refractivity contribution is 0.138. The minimum Gasteiger partial charge on any atom is -0.338 e. The zero-order chi connectivity index (χ0) is 17.1. The Bertz CT molecular complexity index is 813. The molecule has 25 heavy (non-hydrogen) atoms. The van der Waals surface area contributed by atoms with Gasteiger partial charge >= 0.3 is 0 Å². The molecule has 1 fully saturated rings. The maximum absolute atomic E-state index is 5.49. The Morgan fingerprint density at radius 1 is 1.28 bits per heavy atom. The summed E-state index contributed by atoms with van der Waals surface area (Å²) in [4.78, 5) is 11.0. The molecule has 2 aromatic heterocycles. The second-order valence-electron chi connectivity index (χ2n) is 6.69. The molecule has 0 amide bonds. The van der Waals surface area contributed by atoms with Gasteiger partial charge in [-0.15, -0.1) is 0 Å². The minimum atomic E-state index is 0.578. The normalized spacial score (nSPS) is 18.5. The molecule has 1 atom stereocenters. The minimum absolute atomic E-state index is 0.578. The fraction of sp³-hybridized carbons (Fsp3) is 0.444. The average Bonchev–Trinajstić information content (AvgIpc) is 3.28. The zero-order valence-electron chi connectivity index (χ0n) is 14.4. The molecule has 0 bridgehead atoms. The Kier molecular flexibility index (Phi) is 4.56. The van der Waals surface area contributed by atoms with Crippen molar-refractivity contribution in [2.75, 3.05) is 13.1 Å². The van der Waals surface area contributed by atoms with E-state index < -0.39 is 0 Å². The highest BCUT2D eigenvalue weighted by molar-refractivity contribution is 5.58. The molecule has 1 aliphatic rings. The van der Waals surface area contributed by atoms with Gasteiger partial charge in [-0.3, -0.25) is 9.58 Å². The van der Waals surface area contributed by atoms with Crippen molar-refractivity contribution in [3.63, 3.8) is 0 Å². The number of hydrogen-bond acceptors (Lipinski definition) is 6. The van der Waals surface area contributed by atoms with E-state index in [0.717, 1.165) is 30.8 Å². The molecule has 0 saturated carbocycles. The lowest BCUT2D eigenvalue weighted by Crippen LogP contribution is -2.36. The number of benzene rings is 1. The maximum Gasteiger partial charge on any atom is 0.241 e. The summed E-state index contributed by atoms with van der Waals surface area (Å²) >= 11 is 0. The van der Waals surface area contributed by atoms with Gasteiger partial charge in [0.15, 0.2) is 0 Å². The first-order valence-corrected chi connectivity index (χ1v) is 8.71. The van der Waals surface area contributed by atoms with Crippen LogP contribution in [0.3, 0.4) is 0 Å². The molecule has 0 aliphatic carbocycles. The highest BCUT2D eigenvalue weighted by atomic mass is 16.5. The predicted octanol–water partition coefficient (Wildman–Crippen LogP) is 2.55. The van der Waals surface area contributed by atoms with E-state index >= 15 is 0 Å². The van der Waals surface area contributed by atoms with Crippen LogP contribution in [0, 0.1) is 12.8 Å². The number of aromatic nitrogens is 5. The Hall–Kier alpha value is -2.54. The van der Waals surface area contributed by atoms with Crippen molar-refractivity contribution in [2.45, 2.75) is 32.9 Å². The Labute approximate surface area is 146 Å². The van der Waals surface area contributed by atoms with Crippen molar-refractivity contribution < 1.29 is 4.52 Å². The van der Waals surface area contributed by atoms with Gasteiger partial charge in [0.1, 0.15) is 12.7 Å². The van der Waals surface area contributed by atoms with Crippen LogP contribution < -0.4 is 0 Å². The Balaban J connectivity index is 1.39. The highest BCUT2D eigenvalue weighted by Crippen LogP contribution is 2.22. The van der Waals surface area contributed by atoms with E-state index in [1.165, 1.54) is 12.8 Å². The number of nitrogens with zero attached hydrogens (tertiary/aromatic N) is 6. The van der Waals surface area contributed by atoms with E-state index in [1.54, 1.807) is 12.7 Å². The molecule has 130 valence electrons. The molecule has 0 spiro atoms. The number of hydrogen-bond donors (Lipinski definition) is 0. The monoisotopic (exact) mass is 338 g/mol. The molecular formula is C18H22N6O. The van der Waals surface area contributed by atoms with Gasteiger partial charge in [0.2, 0.25) is 11.7 Å². The summed E-state index contributed by atoms with van der Waals surface area (Å²) in [5.74, 6) is 1.93. The van der Waals surface area contributed by atoms with Crippen LogP contribution in [0.25, 0.3) is 11.4 Å². The molecule has 3 heterocycles. The average molecular weight is 338 g/mol. The molecular weight excluding hydrogens is 316 g/mol. The smallest absolute Gasteiger partial charge is 0.241 e. The summed E-state index contributed by atoms with van der Waals surface area (Å²) in [5, 5.41) is 8.37. The topological polar surface area (TPSA) is 72.9 Å². The SMILES string of the molecule is Cc1ccccc1-c1noc(CN2CCCC(Cn3cncn3)C2)n1. The van der Waals surface area contributed by atoms with Crippen LogP contribution in [-0.2, 0) is 13.1 Å². The van der Waals surface area contributed by atoms with E-state index in [0.29, 0.717) is 24.2 Å². The lowest BCUT2D eigenvalue weighted by atomic mass is 9.98. The standard InChI is InChI=1S/C18H22N6O/c1-14-5-2-3-7-16(14)18-21-17(25-22-18)11-23-8-4-6-15(9-23)10-24-13-19-12-20-24/h2-3,5,7,12-13,15H,4,6,8-11H2,1H3. The summed E-state index contributed by atoms with van der Waals surface area (Å²) in [6, 6.07) is 8.10. The van der Waals surface area contributed by atoms with E-state index in [2.05, 4.69) is 38.1 Å². The van der Waals surface area contributed by atoms with E-state index in [-0.39, 0.29) is 0 Å². The van der Waals surface area contributed by atoms with Gasteiger partial charge in [-0.25, -0.2) is 4.98 Å². The van der Waals surface area contributed by atoms with Gasteiger partial charge in [-0.05, 0) is 37.8 Å².